The third-order valence-electron chi connectivity index (χ3n) is 1.88. The van der Waals surface area contributed by atoms with Crippen molar-refractivity contribution in [1.29, 1.82) is 0 Å². The molecule has 2 aromatic heterocycles. The molecule has 0 bridgehead atoms. The zero-order valence-electron chi connectivity index (χ0n) is 9.49. The molecule has 0 amide bonds. The molecule has 4 nitrogen and oxygen atoms in total. The second-order valence-electron chi connectivity index (χ2n) is 3.45. The normalized spacial score (nSPS) is 9.50. The minimum atomic E-state index is -0.0422. The summed E-state index contributed by atoms with van der Waals surface area (Å²) in [4.78, 5) is 17.7. The maximum atomic E-state index is 10.7. The summed E-state index contributed by atoms with van der Waals surface area (Å²) in [5.74, 6) is 0.984. The number of nitrogens with zero attached hydrogens (tertiary/aromatic N) is 2. The molecule has 1 N–H and O–H groups in total. The number of hydrogen-bond donors (Lipinski definition) is 1. The summed E-state index contributed by atoms with van der Waals surface area (Å²) in [5, 5.41) is 0.581. The first kappa shape index (κ1) is 12.5. The molecule has 0 atom stereocenters. The summed E-state index contributed by atoms with van der Waals surface area (Å²) in [6.07, 6.45) is 3.39. The predicted octanol–water partition coefficient (Wildman–Crippen LogP) is 2.07. The van der Waals surface area contributed by atoms with Gasteiger partial charge in [-0.05, 0) is 19.9 Å². The summed E-state index contributed by atoms with van der Waals surface area (Å²) in [5.41, 5.74) is 1.08. The van der Waals surface area contributed by atoms with Crippen LogP contribution in [0.3, 0.4) is 0 Å². The molecule has 0 aliphatic rings. The van der Waals surface area contributed by atoms with Crippen LogP contribution in [-0.2, 0) is 7.05 Å². The third-order valence-corrected chi connectivity index (χ3v) is 2.10. The van der Waals surface area contributed by atoms with Crippen LogP contribution in [0, 0.1) is 13.8 Å². The number of aryl methyl sites for hydroxylation is 3. The Labute approximate surface area is 98.9 Å². The van der Waals surface area contributed by atoms with Crippen molar-refractivity contribution in [2.45, 2.75) is 13.8 Å². The van der Waals surface area contributed by atoms with E-state index in [9.17, 15) is 4.79 Å². The molecular weight excluding hydrogens is 226 g/mol. The van der Waals surface area contributed by atoms with E-state index < -0.39 is 0 Å². The number of halogens is 1. The van der Waals surface area contributed by atoms with Gasteiger partial charge in [-0.1, -0.05) is 11.6 Å². The lowest BCUT2D eigenvalue weighted by atomic mass is 10.5. The van der Waals surface area contributed by atoms with Crippen LogP contribution in [0.25, 0.3) is 0 Å². The summed E-state index contributed by atoms with van der Waals surface area (Å²) in [6.45, 7) is 3.92. The molecular formula is C11H14ClN3O. The minimum absolute atomic E-state index is 0.0422. The van der Waals surface area contributed by atoms with Crippen molar-refractivity contribution in [3.8, 4) is 0 Å². The fourth-order valence-corrected chi connectivity index (χ4v) is 1.31. The highest BCUT2D eigenvalue weighted by Crippen LogP contribution is 2.01. The van der Waals surface area contributed by atoms with Crippen LogP contribution in [0.1, 0.15) is 11.5 Å². The topological polar surface area (TPSA) is 50.7 Å². The SMILES string of the molecule is Cc1cnc(C)[nH]1.Cn1cc(Cl)ccc1=O. The quantitative estimate of drug-likeness (QED) is 0.765. The van der Waals surface area contributed by atoms with Crippen LogP contribution in [0.15, 0.2) is 29.3 Å². The highest BCUT2D eigenvalue weighted by molar-refractivity contribution is 6.30. The highest BCUT2D eigenvalue weighted by atomic mass is 35.5. The van der Waals surface area contributed by atoms with Crippen molar-refractivity contribution in [2.75, 3.05) is 0 Å². The molecule has 86 valence electrons. The van der Waals surface area contributed by atoms with Crippen LogP contribution < -0.4 is 5.56 Å². The molecule has 0 aliphatic heterocycles. The molecule has 2 heterocycles. The number of rotatable bonds is 0. The maximum absolute atomic E-state index is 10.7. The van der Waals surface area contributed by atoms with Crippen molar-refractivity contribution in [1.82, 2.24) is 14.5 Å². The van der Waals surface area contributed by atoms with E-state index in [4.69, 9.17) is 11.6 Å². The van der Waals surface area contributed by atoms with E-state index >= 15 is 0 Å². The number of aromatic amines is 1. The summed E-state index contributed by atoms with van der Waals surface area (Å²) >= 11 is 5.56. The molecule has 0 unspecified atom stereocenters. The minimum Gasteiger partial charge on any atom is -0.346 e. The first-order valence-electron chi connectivity index (χ1n) is 4.79. The zero-order valence-corrected chi connectivity index (χ0v) is 10.2. The lowest BCUT2D eigenvalue weighted by Gasteiger charge is -1.93. The number of aromatic nitrogens is 3. The first-order valence-corrected chi connectivity index (χ1v) is 5.17. The van der Waals surface area contributed by atoms with Gasteiger partial charge in [0, 0.05) is 31.2 Å². The Bertz CT molecular complexity index is 499. The van der Waals surface area contributed by atoms with Crippen LogP contribution in [-0.4, -0.2) is 14.5 Å². The average Bonchev–Trinajstić information content (AvgIpc) is 2.58. The molecule has 0 radical (unpaired) electrons. The molecule has 0 saturated heterocycles. The van der Waals surface area contributed by atoms with Crippen molar-refractivity contribution < 1.29 is 0 Å². The van der Waals surface area contributed by atoms with Gasteiger partial charge < -0.3 is 9.55 Å². The van der Waals surface area contributed by atoms with E-state index in [1.165, 1.54) is 10.6 Å². The van der Waals surface area contributed by atoms with Gasteiger partial charge in [0.05, 0.1) is 5.02 Å². The molecule has 0 aromatic carbocycles. The molecule has 0 fully saturated rings. The first-order chi connectivity index (χ1) is 7.49. The summed E-state index contributed by atoms with van der Waals surface area (Å²) < 4.78 is 1.43. The van der Waals surface area contributed by atoms with Crippen molar-refractivity contribution in [3.63, 3.8) is 0 Å². The smallest absolute Gasteiger partial charge is 0.250 e. The van der Waals surface area contributed by atoms with Gasteiger partial charge in [-0.15, -0.1) is 0 Å². The van der Waals surface area contributed by atoms with E-state index in [2.05, 4.69) is 9.97 Å². The second kappa shape index (κ2) is 5.51. The van der Waals surface area contributed by atoms with E-state index in [0.717, 1.165) is 11.5 Å². The predicted molar refractivity (Wildman–Crippen MR) is 64.8 cm³/mol. The fraction of sp³-hybridized carbons (Fsp3) is 0.273. The lowest BCUT2D eigenvalue weighted by Crippen LogP contribution is -2.13. The van der Waals surface area contributed by atoms with Gasteiger partial charge in [0.25, 0.3) is 0 Å². The van der Waals surface area contributed by atoms with Gasteiger partial charge >= 0.3 is 0 Å². The van der Waals surface area contributed by atoms with Gasteiger partial charge in [0.2, 0.25) is 5.56 Å². The standard InChI is InChI=1S/C6H6ClNO.C5H8N2/c1-8-4-5(7)2-3-6(8)9;1-4-3-6-5(2)7-4/h2-4H,1H3;3H,1-2H3,(H,6,7). The van der Waals surface area contributed by atoms with E-state index in [-0.39, 0.29) is 5.56 Å². The van der Waals surface area contributed by atoms with Crippen molar-refractivity contribution >= 4 is 11.6 Å². The van der Waals surface area contributed by atoms with E-state index in [1.54, 1.807) is 19.3 Å². The van der Waals surface area contributed by atoms with Crippen LogP contribution in [0.4, 0.5) is 0 Å². The number of nitrogens with one attached hydrogen (secondary N) is 1. The Kier molecular flexibility index (Phi) is 4.31. The Morgan fingerprint density at radius 2 is 2.06 bits per heavy atom. The Morgan fingerprint density at radius 1 is 1.38 bits per heavy atom. The molecule has 0 saturated carbocycles. The largest absolute Gasteiger partial charge is 0.346 e. The number of hydrogen-bond acceptors (Lipinski definition) is 2. The van der Waals surface area contributed by atoms with Crippen LogP contribution >= 0.6 is 11.6 Å². The van der Waals surface area contributed by atoms with Crippen molar-refractivity contribution in [2.24, 2.45) is 7.05 Å². The maximum Gasteiger partial charge on any atom is 0.250 e. The van der Waals surface area contributed by atoms with E-state index in [1.807, 2.05) is 20.0 Å². The molecule has 0 spiro atoms. The summed E-state index contributed by atoms with van der Waals surface area (Å²) in [7, 11) is 1.66. The Hall–Kier alpha value is -1.55. The number of imidazole rings is 1. The lowest BCUT2D eigenvalue weighted by molar-refractivity contribution is 0.860. The average molecular weight is 240 g/mol. The van der Waals surface area contributed by atoms with E-state index in [0.29, 0.717) is 5.02 Å². The van der Waals surface area contributed by atoms with Crippen LogP contribution in [0.5, 0.6) is 0 Å². The molecule has 2 rings (SSSR count). The number of pyridine rings is 1. The van der Waals surface area contributed by atoms with Gasteiger partial charge in [0.1, 0.15) is 5.82 Å². The summed E-state index contributed by atoms with van der Waals surface area (Å²) in [6, 6.07) is 3.01. The Morgan fingerprint density at radius 3 is 2.38 bits per heavy atom. The molecule has 16 heavy (non-hydrogen) atoms. The molecule has 0 aliphatic carbocycles. The molecule has 5 heteroatoms. The van der Waals surface area contributed by atoms with Gasteiger partial charge in [-0.2, -0.15) is 0 Å². The van der Waals surface area contributed by atoms with Gasteiger partial charge in [-0.25, -0.2) is 4.98 Å². The highest BCUT2D eigenvalue weighted by Gasteiger charge is 1.88. The number of H-pyrrole nitrogens is 1. The Balaban J connectivity index is 0.000000165. The second-order valence-corrected chi connectivity index (χ2v) is 3.88. The van der Waals surface area contributed by atoms with Crippen LogP contribution in [0.2, 0.25) is 5.02 Å². The third kappa shape index (κ3) is 3.90. The zero-order chi connectivity index (χ0) is 12.1. The monoisotopic (exact) mass is 239 g/mol. The molecule has 2 aromatic rings. The fourth-order valence-electron chi connectivity index (χ4n) is 1.10. The van der Waals surface area contributed by atoms with Gasteiger partial charge in [0.15, 0.2) is 0 Å². The van der Waals surface area contributed by atoms with Gasteiger partial charge in [-0.3, -0.25) is 4.79 Å². The van der Waals surface area contributed by atoms with Crippen molar-refractivity contribution in [3.05, 3.63) is 51.4 Å².